The maximum absolute atomic E-state index is 11.0. The fourth-order valence-corrected chi connectivity index (χ4v) is 4.14. The number of aliphatic hydroxyl groups is 1. The number of halogens is 3. The van der Waals surface area contributed by atoms with Crippen LogP contribution in [0.3, 0.4) is 0 Å². The molecule has 1 atom stereocenters. The summed E-state index contributed by atoms with van der Waals surface area (Å²) in [6.07, 6.45) is -0.836. The lowest BCUT2D eigenvalue weighted by Crippen LogP contribution is -2.39. The lowest BCUT2D eigenvalue weighted by molar-refractivity contribution is -0.0626. The SMILES string of the molecule is Cc1c(C(O)N2CCOCC2)nn(-c2ccc(Cl)cc2Cl)c1-c1ccc(Cl)cc1. The lowest BCUT2D eigenvalue weighted by atomic mass is 10.1. The van der Waals surface area contributed by atoms with Crippen LogP contribution >= 0.6 is 34.8 Å². The highest BCUT2D eigenvalue weighted by atomic mass is 35.5. The van der Waals surface area contributed by atoms with Crippen molar-refractivity contribution in [2.75, 3.05) is 26.3 Å². The van der Waals surface area contributed by atoms with Crippen LogP contribution in [0.5, 0.6) is 0 Å². The van der Waals surface area contributed by atoms with Gasteiger partial charge >= 0.3 is 0 Å². The monoisotopic (exact) mass is 451 g/mol. The lowest BCUT2D eigenvalue weighted by Gasteiger charge is -2.30. The first-order valence-corrected chi connectivity index (χ1v) is 10.4. The van der Waals surface area contributed by atoms with Crippen molar-refractivity contribution in [3.05, 3.63) is 68.8 Å². The average Bonchev–Trinajstić information content (AvgIpc) is 3.05. The number of rotatable bonds is 4. The number of benzene rings is 2. The van der Waals surface area contributed by atoms with E-state index in [0.29, 0.717) is 52.8 Å². The van der Waals surface area contributed by atoms with Gasteiger partial charge in [0.1, 0.15) is 5.69 Å². The molecule has 4 rings (SSSR count). The van der Waals surface area contributed by atoms with Crippen molar-refractivity contribution in [3.63, 3.8) is 0 Å². The van der Waals surface area contributed by atoms with Gasteiger partial charge in [-0.15, -0.1) is 0 Å². The van der Waals surface area contributed by atoms with Crippen LogP contribution in [-0.2, 0) is 4.74 Å². The standard InChI is InChI=1S/C21H20Cl3N3O2/c1-13-19(21(28)26-8-10-29-11-9-26)25-27(18-7-6-16(23)12-17(18)24)20(13)14-2-4-15(22)5-3-14/h2-7,12,21,28H,8-11H2,1H3. The molecule has 2 heterocycles. The van der Waals surface area contributed by atoms with Crippen molar-refractivity contribution < 1.29 is 9.84 Å². The van der Waals surface area contributed by atoms with E-state index in [1.54, 1.807) is 16.8 Å². The molecule has 1 unspecified atom stereocenters. The molecule has 1 N–H and O–H groups in total. The molecule has 0 saturated carbocycles. The van der Waals surface area contributed by atoms with E-state index in [1.807, 2.05) is 42.2 Å². The molecule has 0 spiro atoms. The molecular weight excluding hydrogens is 433 g/mol. The zero-order chi connectivity index (χ0) is 20.5. The van der Waals surface area contributed by atoms with Gasteiger partial charge in [0.25, 0.3) is 0 Å². The fourth-order valence-electron chi connectivity index (χ4n) is 3.53. The topological polar surface area (TPSA) is 50.5 Å². The molecule has 1 aromatic heterocycles. The zero-order valence-electron chi connectivity index (χ0n) is 15.8. The molecule has 152 valence electrons. The summed E-state index contributed by atoms with van der Waals surface area (Å²) >= 11 is 18.6. The predicted molar refractivity (Wildman–Crippen MR) is 116 cm³/mol. The van der Waals surface area contributed by atoms with Gasteiger partial charge in [0.2, 0.25) is 0 Å². The minimum absolute atomic E-state index is 0.475. The Kier molecular flexibility index (Phi) is 6.16. The van der Waals surface area contributed by atoms with Gasteiger partial charge in [-0.25, -0.2) is 4.68 Å². The molecule has 5 nitrogen and oxygen atoms in total. The van der Waals surface area contributed by atoms with E-state index in [9.17, 15) is 5.11 Å². The van der Waals surface area contributed by atoms with Crippen LogP contribution in [0, 0.1) is 6.92 Å². The summed E-state index contributed by atoms with van der Waals surface area (Å²) in [4.78, 5) is 1.96. The van der Waals surface area contributed by atoms with E-state index in [4.69, 9.17) is 44.6 Å². The van der Waals surface area contributed by atoms with Gasteiger partial charge in [-0.1, -0.05) is 46.9 Å². The maximum atomic E-state index is 11.0. The molecule has 0 aliphatic carbocycles. The van der Waals surface area contributed by atoms with Gasteiger partial charge in [0, 0.05) is 34.3 Å². The Morgan fingerprint density at radius 2 is 1.66 bits per heavy atom. The number of aliphatic hydroxyl groups excluding tert-OH is 1. The molecule has 1 aliphatic heterocycles. The van der Waals surface area contributed by atoms with Gasteiger partial charge in [-0.05, 0) is 37.3 Å². The molecule has 0 amide bonds. The van der Waals surface area contributed by atoms with Gasteiger partial charge in [0.15, 0.2) is 6.23 Å². The van der Waals surface area contributed by atoms with E-state index < -0.39 is 6.23 Å². The van der Waals surface area contributed by atoms with Crippen LogP contribution < -0.4 is 0 Å². The second kappa shape index (κ2) is 8.64. The number of aromatic nitrogens is 2. The largest absolute Gasteiger partial charge is 0.379 e. The molecule has 8 heteroatoms. The van der Waals surface area contributed by atoms with Crippen molar-refractivity contribution in [1.29, 1.82) is 0 Å². The summed E-state index contributed by atoms with van der Waals surface area (Å²) in [5.74, 6) is 0. The predicted octanol–water partition coefficient (Wildman–Crippen LogP) is 5.13. The van der Waals surface area contributed by atoms with E-state index in [0.717, 1.165) is 16.8 Å². The van der Waals surface area contributed by atoms with Crippen LogP contribution in [0.15, 0.2) is 42.5 Å². The first-order chi connectivity index (χ1) is 14.0. The van der Waals surface area contributed by atoms with Gasteiger partial charge in [-0.3, -0.25) is 4.90 Å². The van der Waals surface area contributed by atoms with Gasteiger partial charge in [-0.2, -0.15) is 5.10 Å². The highest BCUT2D eigenvalue weighted by Gasteiger charge is 2.28. The van der Waals surface area contributed by atoms with Crippen molar-refractivity contribution in [3.8, 4) is 16.9 Å². The summed E-state index contributed by atoms with van der Waals surface area (Å²) in [6.45, 7) is 4.42. The molecule has 1 fully saturated rings. The Hall–Kier alpha value is -1.60. The van der Waals surface area contributed by atoms with Gasteiger partial charge in [0.05, 0.1) is 29.6 Å². The van der Waals surface area contributed by atoms with Crippen LogP contribution in [0.25, 0.3) is 16.9 Å². The van der Waals surface area contributed by atoms with Crippen molar-refractivity contribution >= 4 is 34.8 Å². The summed E-state index contributed by atoms with van der Waals surface area (Å²) in [7, 11) is 0. The Balaban J connectivity index is 1.87. The number of hydrogen-bond acceptors (Lipinski definition) is 4. The Bertz CT molecular complexity index is 1010. The van der Waals surface area contributed by atoms with Crippen molar-refractivity contribution in [1.82, 2.24) is 14.7 Å². The number of hydrogen-bond donors (Lipinski definition) is 1. The summed E-state index contributed by atoms with van der Waals surface area (Å²) < 4.78 is 7.16. The third kappa shape index (κ3) is 4.17. The molecular formula is C21H20Cl3N3O2. The van der Waals surface area contributed by atoms with E-state index in [1.165, 1.54) is 0 Å². The summed E-state index contributed by atoms with van der Waals surface area (Å²) in [6, 6.07) is 12.8. The van der Waals surface area contributed by atoms with E-state index in [2.05, 4.69) is 0 Å². The number of nitrogens with zero attached hydrogens (tertiary/aromatic N) is 3. The average molecular weight is 453 g/mol. The normalized spacial score (nSPS) is 16.2. The van der Waals surface area contributed by atoms with E-state index in [-0.39, 0.29) is 0 Å². The summed E-state index contributed by atoms with van der Waals surface area (Å²) in [5.41, 5.74) is 3.91. The molecule has 0 bridgehead atoms. The van der Waals surface area contributed by atoms with E-state index >= 15 is 0 Å². The number of morpholine rings is 1. The highest BCUT2D eigenvalue weighted by Crippen LogP contribution is 2.35. The Morgan fingerprint density at radius 3 is 2.31 bits per heavy atom. The summed E-state index contributed by atoms with van der Waals surface area (Å²) in [5, 5.41) is 17.5. The quantitative estimate of drug-likeness (QED) is 0.596. The van der Waals surface area contributed by atoms with Crippen molar-refractivity contribution in [2.45, 2.75) is 13.2 Å². The van der Waals surface area contributed by atoms with Gasteiger partial charge < -0.3 is 9.84 Å². The Labute approximate surface area is 184 Å². The molecule has 0 radical (unpaired) electrons. The van der Waals surface area contributed by atoms with Crippen LogP contribution in [0.1, 0.15) is 17.5 Å². The van der Waals surface area contributed by atoms with Crippen LogP contribution in [-0.4, -0.2) is 46.1 Å². The van der Waals surface area contributed by atoms with Crippen LogP contribution in [0.4, 0.5) is 0 Å². The smallest absolute Gasteiger partial charge is 0.152 e. The Morgan fingerprint density at radius 1 is 1.00 bits per heavy atom. The zero-order valence-corrected chi connectivity index (χ0v) is 18.0. The molecule has 2 aromatic carbocycles. The first kappa shape index (κ1) is 20.7. The molecule has 1 aliphatic rings. The number of ether oxygens (including phenoxy) is 1. The molecule has 3 aromatic rings. The second-order valence-corrected chi connectivity index (χ2v) is 8.18. The fraction of sp³-hybridized carbons (Fsp3) is 0.286. The first-order valence-electron chi connectivity index (χ1n) is 9.26. The van der Waals surface area contributed by atoms with Crippen LogP contribution in [0.2, 0.25) is 15.1 Å². The second-order valence-electron chi connectivity index (χ2n) is 6.90. The maximum Gasteiger partial charge on any atom is 0.152 e. The minimum Gasteiger partial charge on any atom is -0.379 e. The third-order valence-electron chi connectivity index (χ3n) is 5.05. The minimum atomic E-state index is -0.836. The third-order valence-corrected chi connectivity index (χ3v) is 5.84. The molecule has 29 heavy (non-hydrogen) atoms. The highest BCUT2D eigenvalue weighted by molar-refractivity contribution is 6.35. The molecule has 1 saturated heterocycles. The van der Waals surface area contributed by atoms with Crippen molar-refractivity contribution in [2.24, 2.45) is 0 Å².